The van der Waals surface area contributed by atoms with Gasteiger partial charge in [0.2, 0.25) is 6.41 Å². The summed E-state index contributed by atoms with van der Waals surface area (Å²) in [4.78, 5) is 38.2. The number of carbonyl (C=O) groups excluding carboxylic acids is 2. The van der Waals surface area contributed by atoms with Crippen LogP contribution < -0.4 is 0 Å². The van der Waals surface area contributed by atoms with E-state index >= 15 is 0 Å². The molecule has 0 radical (unpaired) electrons. The molecule has 0 aliphatic heterocycles. The van der Waals surface area contributed by atoms with Crippen molar-refractivity contribution >= 4 is 29.5 Å². The van der Waals surface area contributed by atoms with Crippen molar-refractivity contribution in [1.82, 2.24) is 4.90 Å². The highest BCUT2D eigenvalue weighted by atomic mass is 16.6. The standard InChI is InChI=1S/C18H24N4O4/c1-12-8-7-9-15(17(21-25-6)18(24)22(4)5)16(12)10-26-20-14(3)13(2)19-11-23/h7-9,11H,10H2,1-6H3/b19-13?,20-14+,21-17+. The number of hydrogen-bond acceptors (Lipinski definition) is 6. The largest absolute Gasteiger partial charge is 0.398 e. The Morgan fingerprint density at radius 3 is 2.46 bits per heavy atom. The van der Waals surface area contributed by atoms with E-state index in [-0.39, 0.29) is 18.2 Å². The number of likely N-dealkylation sites (N-methyl/N-ethyl adjacent to an activating group) is 1. The van der Waals surface area contributed by atoms with Crippen LogP contribution in [0.1, 0.15) is 30.5 Å². The summed E-state index contributed by atoms with van der Waals surface area (Å²) in [6.45, 7) is 5.38. The Labute approximate surface area is 153 Å². The van der Waals surface area contributed by atoms with Gasteiger partial charge in [-0.25, -0.2) is 4.99 Å². The molecule has 1 rings (SSSR count). The number of hydrogen-bond donors (Lipinski definition) is 0. The monoisotopic (exact) mass is 360 g/mol. The van der Waals surface area contributed by atoms with Crippen molar-refractivity contribution in [1.29, 1.82) is 0 Å². The lowest BCUT2D eigenvalue weighted by atomic mass is 9.98. The number of aliphatic imine (C=N–C) groups is 1. The fourth-order valence-electron chi connectivity index (χ4n) is 2.05. The van der Waals surface area contributed by atoms with E-state index in [2.05, 4.69) is 15.3 Å². The van der Waals surface area contributed by atoms with Gasteiger partial charge >= 0.3 is 0 Å². The summed E-state index contributed by atoms with van der Waals surface area (Å²) in [6, 6.07) is 5.51. The molecule has 1 aromatic rings. The molecule has 0 N–H and O–H groups in total. The summed E-state index contributed by atoms with van der Waals surface area (Å²) in [5.74, 6) is -0.285. The van der Waals surface area contributed by atoms with Gasteiger partial charge in [0.1, 0.15) is 13.7 Å². The predicted octanol–water partition coefficient (Wildman–Crippen LogP) is 1.94. The Kier molecular flexibility index (Phi) is 8.14. The fourth-order valence-corrected chi connectivity index (χ4v) is 2.05. The Morgan fingerprint density at radius 2 is 1.88 bits per heavy atom. The minimum atomic E-state index is -0.285. The predicted molar refractivity (Wildman–Crippen MR) is 100 cm³/mol. The summed E-state index contributed by atoms with van der Waals surface area (Å²) in [7, 11) is 4.67. The molecule has 0 saturated carbocycles. The van der Waals surface area contributed by atoms with E-state index in [0.717, 1.165) is 11.1 Å². The van der Waals surface area contributed by atoms with Crippen molar-refractivity contribution in [3.63, 3.8) is 0 Å². The summed E-state index contributed by atoms with van der Waals surface area (Å²) < 4.78 is 0. The lowest BCUT2D eigenvalue weighted by Gasteiger charge is -2.16. The van der Waals surface area contributed by atoms with Gasteiger partial charge in [0.15, 0.2) is 5.71 Å². The average molecular weight is 360 g/mol. The highest BCUT2D eigenvalue weighted by Gasteiger charge is 2.21. The maximum Gasteiger partial charge on any atom is 0.276 e. The number of nitrogens with zero attached hydrogens (tertiary/aromatic N) is 4. The van der Waals surface area contributed by atoms with E-state index < -0.39 is 0 Å². The van der Waals surface area contributed by atoms with Crippen LogP contribution in [0.2, 0.25) is 0 Å². The van der Waals surface area contributed by atoms with Crippen molar-refractivity contribution in [2.45, 2.75) is 27.4 Å². The van der Waals surface area contributed by atoms with Crippen LogP contribution in [0.4, 0.5) is 0 Å². The van der Waals surface area contributed by atoms with Gasteiger partial charge in [-0.15, -0.1) is 0 Å². The molecule has 0 bridgehead atoms. The lowest BCUT2D eigenvalue weighted by Crippen LogP contribution is -2.31. The van der Waals surface area contributed by atoms with E-state index in [1.54, 1.807) is 34.0 Å². The number of oxime groups is 2. The first kappa shape index (κ1) is 21.0. The average Bonchev–Trinajstić information content (AvgIpc) is 2.60. The Hall–Kier alpha value is -3.03. The minimum Gasteiger partial charge on any atom is -0.398 e. The molecule has 0 heterocycles. The number of amides is 2. The molecule has 0 unspecified atom stereocenters. The Morgan fingerprint density at radius 1 is 1.19 bits per heavy atom. The van der Waals surface area contributed by atoms with E-state index in [1.165, 1.54) is 12.0 Å². The van der Waals surface area contributed by atoms with E-state index in [1.807, 2.05) is 19.1 Å². The zero-order valence-electron chi connectivity index (χ0n) is 15.9. The van der Waals surface area contributed by atoms with Gasteiger partial charge in [-0.2, -0.15) is 0 Å². The van der Waals surface area contributed by atoms with Gasteiger partial charge in [0.05, 0.1) is 11.4 Å². The molecule has 0 aliphatic carbocycles. The SMILES string of the molecule is CO/N=C(/C(=O)N(C)C)c1cccc(C)c1CO/N=C(\C)C(C)=NC=O. The van der Waals surface area contributed by atoms with Crippen molar-refractivity contribution in [3.8, 4) is 0 Å². The second-order valence-electron chi connectivity index (χ2n) is 5.69. The van der Waals surface area contributed by atoms with Crippen molar-refractivity contribution in [2.75, 3.05) is 21.2 Å². The third-order valence-electron chi connectivity index (χ3n) is 3.64. The molecule has 2 amide bonds. The quantitative estimate of drug-likeness (QED) is 0.402. The lowest BCUT2D eigenvalue weighted by molar-refractivity contribution is -0.121. The summed E-state index contributed by atoms with van der Waals surface area (Å²) in [6.07, 6.45) is 0.453. The van der Waals surface area contributed by atoms with Gasteiger partial charge in [-0.3, -0.25) is 9.59 Å². The Balaban J connectivity index is 3.19. The molecule has 0 fully saturated rings. The van der Waals surface area contributed by atoms with Crippen LogP contribution in [-0.4, -0.2) is 55.6 Å². The third-order valence-corrected chi connectivity index (χ3v) is 3.64. The molecule has 0 saturated heterocycles. The molecule has 8 heteroatoms. The van der Waals surface area contributed by atoms with Crippen LogP contribution >= 0.6 is 0 Å². The zero-order valence-corrected chi connectivity index (χ0v) is 15.9. The molecule has 26 heavy (non-hydrogen) atoms. The first-order chi connectivity index (χ1) is 12.3. The fraction of sp³-hybridized carbons (Fsp3) is 0.389. The summed E-state index contributed by atoms with van der Waals surface area (Å²) in [5.41, 5.74) is 3.43. The van der Waals surface area contributed by atoms with E-state index in [9.17, 15) is 9.59 Å². The van der Waals surface area contributed by atoms with Crippen LogP contribution in [0.25, 0.3) is 0 Å². The smallest absolute Gasteiger partial charge is 0.276 e. The first-order valence-corrected chi connectivity index (χ1v) is 7.90. The molecular weight excluding hydrogens is 336 g/mol. The van der Waals surface area contributed by atoms with Gasteiger partial charge in [0, 0.05) is 25.2 Å². The topological polar surface area (TPSA) is 92.9 Å². The van der Waals surface area contributed by atoms with Crippen molar-refractivity contribution in [2.24, 2.45) is 15.3 Å². The summed E-state index contributed by atoms with van der Waals surface area (Å²) in [5, 5.41) is 7.86. The van der Waals surface area contributed by atoms with Crippen LogP contribution in [0.3, 0.4) is 0 Å². The number of carbonyl (C=O) groups is 2. The number of benzene rings is 1. The van der Waals surface area contributed by atoms with Crippen LogP contribution in [0.15, 0.2) is 33.5 Å². The van der Waals surface area contributed by atoms with Gasteiger partial charge in [-0.05, 0) is 26.3 Å². The van der Waals surface area contributed by atoms with Crippen LogP contribution in [0.5, 0.6) is 0 Å². The second kappa shape index (κ2) is 10.1. The molecule has 1 aromatic carbocycles. The van der Waals surface area contributed by atoms with Crippen molar-refractivity contribution in [3.05, 3.63) is 34.9 Å². The molecule has 8 nitrogen and oxygen atoms in total. The third kappa shape index (κ3) is 5.51. The molecule has 0 aliphatic rings. The highest BCUT2D eigenvalue weighted by molar-refractivity contribution is 6.45. The summed E-state index contributed by atoms with van der Waals surface area (Å²) >= 11 is 0. The first-order valence-electron chi connectivity index (χ1n) is 7.90. The van der Waals surface area contributed by atoms with Gasteiger partial charge in [-0.1, -0.05) is 28.5 Å². The number of rotatable bonds is 8. The Bertz CT molecular complexity index is 752. The molecular formula is C18H24N4O4. The van der Waals surface area contributed by atoms with E-state index in [4.69, 9.17) is 9.68 Å². The van der Waals surface area contributed by atoms with Gasteiger partial charge in [0.25, 0.3) is 5.91 Å². The second-order valence-corrected chi connectivity index (χ2v) is 5.69. The highest BCUT2D eigenvalue weighted by Crippen LogP contribution is 2.18. The molecule has 0 aromatic heterocycles. The molecule has 140 valence electrons. The van der Waals surface area contributed by atoms with Crippen molar-refractivity contribution < 1.29 is 19.3 Å². The normalized spacial score (nSPS) is 12.6. The van der Waals surface area contributed by atoms with Gasteiger partial charge < -0.3 is 14.6 Å². The molecule has 0 atom stereocenters. The molecule has 0 spiro atoms. The van der Waals surface area contributed by atoms with Crippen LogP contribution in [-0.2, 0) is 25.9 Å². The zero-order chi connectivity index (χ0) is 19.7. The maximum absolute atomic E-state index is 12.4. The number of aryl methyl sites for hydroxylation is 1. The van der Waals surface area contributed by atoms with E-state index in [0.29, 0.717) is 23.4 Å². The van der Waals surface area contributed by atoms with Crippen LogP contribution in [0, 0.1) is 6.92 Å². The maximum atomic E-state index is 12.4. The minimum absolute atomic E-state index is 0.122.